The molecular weight excluding hydrogens is 330 g/mol. The lowest BCUT2D eigenvalue weighted by molar-refractivity contribution is 0.0998. The van der Waals surface area contributed by atoms with Crippen LogP contribution in [0.3, 0.4) is 0 Å². The predicted octanol–water partition coefficient (Wildman–Crippen LogP) is 3.67. The lowest BCUT2D eigenvalue weighted by Gasteiger charge is -2.05. The van der Waals surface area contributed by atoms with Gasteiger partial charge >= 0.3 is 0 Å². The highest BCUT2D eigenvalue weighted by atomic mass is 16.3. The molecular formula is C19H15N5O2. The highest BCUT2D eigenvalue weighted by Crippen LogP contribution is 2.36. The molecule has 1 aliphatic carbocycles. The van der Waals surface area contributed by atoms with Crippen molar-refractivity contribution in [2.45, 2.75) is 18.9 Å². The van der Waals surface area contributed by atoms with Gasteiger partial charge in [0.05, 0.1) is 6.04 Å². The first-order valence-electron chi connectivity index (χ1n) is 8.46. The molecule has 0 atom stereocenters. The maximum absolute atomic E-state index is 12.4. The van der Waals surface area contributed by atoms with Crippen LogP contribution < -0.4 is 5.32 Å². The summed E-state index contributed by atoms with van der Waals surface area (Å²) in [5.74, 6) is 0.757. The molecule has 2 heterocycles. The normalized spacial score (nSPS) is 13.8. The molecule has 0 bridgehead atoms. The number of hydrogen-bond donors (Lipinski definition) is 1. The summed E-state index contributed by atoms with van der Waals surface area (Å²) in [4.78, 5) is 12.4. The Labute approximate surface area is 148 Å². The molecule has 26 heavy (non-hydrogen) atoms. The Balaban J connectivity index is 1.35. The first-order valence-corrected chi connectivity index (χ1v) is 8.46. The van der Waals surface area contributed by atoms with E-state index in [2.05, 4.69) is 20.8 Å². The van der Waals surface area contributed by atoms with Crippen molar-refractivity contribution in [2.24, 2.45) is 0 Å². The van der Waals surface area contributed by atoms with Crippen LogP contribution in [0.1, 0.15) is 29.4 Å². The van der Waals surface area contributed by atoms with E-state index < -0.39 is 0 Å². The fourth-order valence-corrected chi connectivity index (χ4v) is 2.94. The monoisotopic (exact) mass is 345 g/mol. The number of furan rings is 1. The van der Waals surface area contributed by atoms with Crippen LogP contribution in [-0.4, -0.2) is 26.1 Å². The van der Waals surface area contributed by atoms with Gasteiger partial charge < -0.3 is 9.73 Å². The van der Waals surface area contributed by atoms with Crippen LogP contribution in [0.4, 0.5) is 5.69 Å². The molecule has 1 amide bonds. The second-order valence-corrected chi connectivity index (χ2v) is 6.36. The summed E-state index contributed by atoms with van der Waals surface area (Å²) in [6.45, 7) is 0. The number of nitrogens with zero attached hydrogens (tertiary/aromatic N) is 4. The van der Waals surface area contributed by atoms with Crippen molar-refractivity contribution in [1.82, 2.24) is 20.2 Å². The highest BCUT2D eigenvalue weighted by molar-refractivity contribution is 6.04. The fourth-order valence-electron chi connectivity index (χ4n) is 2.94. The molecule has 2 aromatic heterocycles. The van der Waals surface area contributed by atoms with Crippen molar-refractivity contribution < 1.29 is 9.21 Å². The minimum atomic E-state index is -0.281. The number of aromatic nitrogens is 4. The summed E-state index contributed by atoms with van der Waals surface area (Å²) in [5, 5.41) is 15.7. The third-order valence-corrected chi connectivity index (χ3v) is 4.44. The molecule has 1 fully saturated rings. The Kier molecular flexibility index (Phi) is 3.31. The Morgan fingerprint density at radius 2 is 1.92 bits per heavy atom. The lowest BCUT2D eigenvalue weighted by atomic mass is 10.2. The number of para-hydroxylation sites is 1. The summed E-state index contributed by atoms with van der Waals surface area (Å²) in [7, 11) is 0. The van der Waals surface area contributed by atoms with Crippen LogP contribution in [0.5, 0.6) is 0 Å². The number of anilines is 1. The lowest BCUT2D eigenvalue weighted by Crippen LogP contribution is -2.10. The van der Waals surface area contributed by atoms with Gasteiger partial charge in [0.2, 0.25) is 0 Å². The van der Waals surface area contributed by atoms with Gasteiger partial charge in [-0.2, -0.15) is 0 Å². The van der Waals surface area contributed by atoms with Gasteiger partial charge in [-0.1, -0.05) is 18.2 Å². The summed E-state index contributed by atoms with van der Waals surface area (Å²) < 4.78 is 7.45. The number of hydrogen-bond acceptors (Lipinski definition) is 5. The topological polar surface area (TPSA) is 85.8 Å². The number of amides is 1. The third kappa shape index (κ3) is 2.63. The number of carbonyl (C=O) groups excluding carboxylic acids is 1. The van der Waals surface area contributed by atoms with Gasteiger partial charge in [0, 0.05) is 16.6 Å². The molecule has 2 aromatic carbocycles. The van der Waals surface area contributed by atoms with Crippen molar-refractivity contribution in [1.29, 1.82) is 0 Å². The highest BCUT2D eigenvalue weighted by Gasteiger charge is 2.28. The van der Waals surface area contributed by atoms with Gasteiger partial charge in [-0.05, 0) is 59.7 Å². The molecule has 0 radical (unpaired) electrons. The Morgan fingerprint density at radius 1 is 1.12 bits per heavy atom. The molecule has 5 rings (SSSR count). The van der Waals surface area contributed by atoms with E-state index in [0.29, 0.717) is 17.3 Å². The van der Waals surface area contributed by atoms with Gasteiger partial charge in [-0.15, -0.1) is 5.10 Å². The largest absolute Gasteiger partial charge is 0.451 e. The van der Waals surface area contributed by atoms with E-state index >= 15 is 0 Å². The first-order chi connectivity index (χ1) is 12.8. The van der Waals surface area contributed by atoms with E-state index in [1.165, 1.54) is 0 Å². The van der Waals surface area contributed by atoms with Gasteiger partial charge in [0.1, 0.15) is 5.58 Å². The second-order valence-electron chi connectivity index (χ2n) is 6.36. The molecule has 1 aliphatic rings. The fraction of sp³-hybridized carbons (Fsp3) is 0.158. The van der Waals surface area contributed by atoms with Crippen molar-refractivity contribution in [3.05, 3.63) is 60.4 Å². The van der Waals surface area contributed by atoms with Crippen LogP contribution >= 0.6 is 0 Å². The molecule has 128 valence electrons. The van der Waals surface area contributed by atoms with E-state index in [1.807, 2.05) is 53.2 Å². The Morgan fingerprint density at radius 3 is 2.69 bits per heavy atom. The summed E-state index contributed by atoms with van der Waals surface area (Å²) in [6, 6.07) is 17.2. The quantitative estimate of drug-likeness (QED) is 0.610. The van der Waals surface area contributed by atoms with Gasteiger partial charge in [0.25, 0.3) is 5.91 Å². The number of carbonyl (C=O) groups is 1. The molecule has 4 aromatic rings. The summed E-state index contributed by atoms with van der Waals surface area (Å²) in [5.41, 5.74) is 2.30. The minimum absolute atomic E-state index is 0.281. The average Bonchev–Trinajstić information content (AvgIpc) is 3.23. The summed E-state index contributed by atoms with van der Waals surface area (Å²) in [6.07, 6.45) is 2.23. The molecule has 0 saturated heterocycles. The molecule has 7 nitrogen and oxygen atoms in total. The zero-order valence-corrected chi connectivity index (χ0v) is 13.8. The van der Waals surface area contributed by atoms with Crippen LogP contribution in [0.25, 0.3) is 22.4 Å². The SMILES string of the molecule is O=C(Nc1ccc(-c2nnnn2C2CC2)cc1)c1cc2ccccc2o1. The second kappa shape index (κ2) is 5.80. The van der Waals surface area contributed by atoms with Crippen molar-refractivity contribution >= 4 is 22.6 Å². The van der Waals surface area contributed by atoms with E-state index in [1.54, 1.807) is 6.07 Å². The van der Waals surface area contributed by atoms with Gasteiger partial charge in [0.15, 0.2) is 11.6 Å². The smallest absolute Gasteiger partial charge is 0.291 e. The summed E-state index contributed by atoms with van der Waals surface area (Å²) >= 11 is 0. The zero-order chi connectivity index (χ0) is 17.5. The zero-order valence-electron chi connectivity index (χ0n) is 13.8. The number of tetrazole rings is 1. The maximum Gasteiger partial charge on any atom is 0.291 e. The van der Waals surface area contributed by atoms with Crippen LogP contribution in [0.2, 0.25) is 0 Å². The average molecular weight is 345 g/mol. The number of benzene rings is 2. The minimum Gasteiger partial charge on any atom is -0.451 e. The molecule has 0 aliphatic heterocycles. The van der Waals surface area contributed by atoms with Gasteiger partial charge in [-0.3, -0.25) is 4.79 Å². The number of rotatable bonds is 4. The first kappa shape index (κ1) is 14.8. The van der Waals surface area contributed by atoms with E-state index in [-0.39, 0.29) is 11.7 Å². The Bertz CT molecular complexity index is 1060. The van der Waals surface area contributed by atoms with Crippen molar-refractivity contribution in [3.8, 4) is 11.4 Å². The van der Waals surface area contributed by atoms with Crippen molar-refractivity contribution in [2.75, 3.05) is 5.32 Å². The van der Waals surface area contributed by atoms with Crippen molar-refractivity contribution in [3.63, 3.8) is 0 Å². The van der Waals surface area contributed by atoms with E-state index in [4.69, 9.17) is 4.42 Å². The Hall–Kier alpha value is -3.48. The molecule has 7 heteroatoms. The standard InChI is InChI=1S/C19H15N5O2/c25-19(17-11-13-3-1-2-4-16(13)26-17)20-14-7-5-12(6-8-14)18-21-22-23-24(18)15-9-10-15/h1-8,11,15H,9-10H2,(H,20,25). The molecule has 0 spiro atoms. The van der Waals surface area contributed by atoms with Crippen LogP contribution in [-0.2, 0) is 0 Å². The van der Waals surface area contributed by atoms with E-state index in [0.717, 1.165) is 29.6 Å². The molecule has 1 saturated carbocycles. The number of nitrogens with one attached hydrogen (secondary N) is 1. The van der Waals surface area contributed by atoms with Gasteiger partial charge in [-0.25, -0.2) is 4.68 Å². The molecule has 0 unspecified atom stereocenters. The maximum atomic E-state index is 12.4. The molecule has 1 N–H and O–H groups in total. The van der Waals surface area contributed by atoms with Crippen LogP contribution in [0, 0.1) is 0 Å². The van der Waals surface area contributed by atoms with E-state index in [9.17, 15) is 4.79 Å². The number of fused-ring (bicyclic) bond motifs is 1. The van der Waals surface area contributed by atoms with Crippen LogP contribution in [0.15, 0.2) is 59.0 Å². The predicted molar refractivity (Wildman–Crippen MR) is 95.7 cm³/mol. The third-order valence-electron chi connectivity index (χ3n) is 4.44.